The summed E-state index contributed by atoms with van der Waals surface area (Å²) in [5, 5.41) is 10.6. The number of anilines is 1. The van der Waals surface area contributed by atoms with Crippen LogP contribution in [-0.2, 0) is 0 Å². The summed E-state index contributed by atoms with van der Waals surface area (Å²) in [6, 6.07) is 19.1. The predicted octanol–water partition coefficient (Wildman–Crippen LogP) is 4.06. The van der Waals surface area contributed by atoms with Gasteiger partial charge in [0.25, 0.3) is 5.69 Å². The van der Waals surface area contributed by atoms with E-state index in [0.717, 1.165) is 16.9 Å². The number of nitrogens with zero attached hydrogens (tertiary/aromatic N) is 2. The molecule has 1 N–H and O–H groups in total. The highest BCUT2D eigenvalue weighted by atomic mass is 16.6. The minimum absolute atomic E-state index is 0.0197. The molecule has 3 rings (SSSR count). The van der Waals surface area contributed by atoms with Crippen LogP contribution in [0.25, 0.3) is 11.3 Å². The zero-order valence-electron chi connectivity index (χ0n) is 12.0. The first-order valence-electron chi connectivity index (χ1n) is 6.92. The summed E-state index contributed by atoms with van der Waals surface area (Å²) in [5.74, 6) is 0.478. The molecule has 0 bridgehead atoms. The maximum Gasteiger partial charge on any atom is 0.269 e. The van der Waals surface area contributed by atoms with E-state index in [-0.39, 0.29) is 5.69 Å². The number of nitrogens with one attached hydrogen (secondary N) is 1. The first-order valence-corrected chi connectivity index (χ1v) is 6.92. The molecule has 6 heteroatoms. The zero-order valence-corrected chi connectivity index (χ0v) is 12.0. The molecule has 23 heavy (non-hydrogen) atoms. The van der Waals surface area contributed by atoms with Gasteiger partial charge >= 0.3 is 0 Å². The van der Waals surface area contributed by atoms with Crippen molar-refractivity contribution in [3.63, 3.8) is 0 Å². The number of pyridine rings is 1. The minimum atomic E-state index is -0.451. The minimum Gasteiger partial charge on any atom is -0.382 e. The van der Waals surface area contributed by atoms with E-state index >= 15 is 0 Å². The van der Waals surface area contributed by atoms with Gasteiger partial charge in [0.15, 0.2) is 5.75 Å². The number of rotatable bonds is 5. The molecular formula is C17H13N3O3. The number of aromatic nitrogens is 1. The maximum atomic E-state index is 10.6. The lowest BCUT2D eigenvalue weighted by atomic mass is 10.1. The van der Waals surface area contributed by atoms with Crippen LogP contribution in [0.3, 0.4) is 0 Å². The normalized spacial score (nSPS) is 10.1. The molecule has 6 nitrogen and oxygen atoms in total. The molecule has 1 aromatic heterocycles. The SMILES string of the molecule is O=[N+]([O-])c1ccc(ONc2ccccc2-c2ccccn2)cc1. The summed E-state index contributed by atoms with van der Waals surface area (Å²) in [5.41, 5.74) is 5.36. The monoisotopic (exact) mass is 307 g/mol. The summed E-state index contributed by atoms with van der Waals surface area (Å²) in [4.78, 5) is 20.0. The van der Waals surface area contributed by atoms with Crippen molar-refractivity contribution in [1.82, 2.24) is 4.98 Å². The fourth-order valence-electron chi connectivity index (χ4n) is 2.07. The number of non-ortho nitro benzene ring substituents is 1. The number of benzene rings is 2. The van der Waals surface area contributed by atoms with Gasteiger partial charge in [0.1, 0.15) is 0 Å². The molecule has 0 aliphatic heterocycles. The van der Waals surface area contributed by atoms with Gasteiger partial charge in [-0.3, -0.25) is 15.1 Å². The Hall–Kier alpha value is -3.41. The highest BCUT2D eigenvalue weighted by Gasteiger charge is 2.07. The van der Waals surface area contributed by atoms with Gasteiger partial charge in [-0.05, 0) is 30.3 Å². The van der Waals surface area contributed by atoms with Gasteiger partial charge in [0.2, 0.25) is 0 Å². The van der Waals surface area contributed by atoms with E-state index in [4.69, 9.17) is 4.84 Å². The Bertz CT molecular complexity index is 805. The lowest BCUT2D eigenvalue weighted by molar-refractivity contribution is -0.384. The Morgan fingerprint density at radius 3 is 2.39 bits per heavy atom. The van der Waals surface area contributed by atoms with Crippen LogP contribution >= 0.6 is 0 Å². The van der Waals surface area contributed by atoms with Crippen LogP contribution in [0.1, 0.15) is 0 Å². The Balaban J connectivity index is 1.77. The van der Waals surface area contributed by atoms with Crippen LogP contribution in [0.15, 0.2) is 72.9 Å². The molecule has 1 heterocycles. The van der Waals surface area contributed by atoms with Crippen LogP contribution < -0.4 is 10.3 Å². The summed E-state index contributed by atoms with van der Waals surface area (Å²) < 4.78 is 0. The molecule has 0 aliphatic rings. The molecule has 0 radical (unpaired) electrons. The van der Waals surface area contributed by atoms with Gasteiger partial charge in [0.05, 0.1) is 16.3 Å². The summed E-state index contributed by atoms with van der Waals surface area (Å²) in [7, 11) is 0. The smallest absolute Gasteiger partial charge is 0.269 e. The largest absolute Gasteiger partial charge is 0.382 e. The molecule has 3 aromatic rings. The van der Waals surface area contributed by atoms with Crippen molar-refractivity contribution in [3.8, 4) is 17.0 Å². The van der Waals surface area contributed by atoms with E-state index < -0.39 is 4.92 Å². The lowest BCUT2D eigenvalue weighted by Gasteiger charge is -2.12. The molecule has 0 atom stereocenters. The van der Waals surface area contributed by atoms with Gasteiger partial charge < -0.3 is 4.84 Å². The van der Waals surface area contributed by atoms with E-state index in [0.29, 0.717) is 5.75 Å². The molecule has 0 amide bonds. The van der Waals surface area contributed by atoms with Gasteiger partial charge in [-0.15, -0.1) is 0 Å². The van der Waals surface area contributed by atoms with Crippen LogP contribution in [0.2, 0.25) is 0 Å². The molecule has 0 saturated heterocycles. The molecule has 0 spiro atoms. The van der Waals surface area contributed by atoms with Crippen molar-refractivity contribution in [1.29, 1.82) is 0 Å². The third kappa shape index (κ3) is 3.44. The van der Waals surface area contributed by atoms with Crippen molar-refractivity contribution in [2.75, 3.05) is 5.48 Å². The second kappa shape index (κ2) is 6.57. The Morgan fingerprint density at radius 1 is 0.957 bits per heavy atom. The molecule has 2 aromatic carbocycles. The number of para-hydroxylation sites is 1. The Labute approximate surface area is 132 Å². The molecule has 0 aliphatic carbocycles. The van der Waals surface area contributed by atoms with Crippen molar-refractivity contribution in [2.24, 2.45) is 0 Å². The molecule has 0 fully saturated rings. The molecule has 0 saturated carbocycles. The first kappa shape index (κ1) is 14.5. The molecular weight excluding hydrogens is 294 g/mol. The van der Waals surface area contributed by atoms with Crippen molar-refractivity contribution in [2.45, 2.75) is 0 Å². The predicted molar refractivity (Wildman–Crippen MR) is 87.0 cm³/mol. The quantitative estimate of drug-likeness (QED) is 0.568. The van der Waals surface area contributed by atoms with Gasteiger partial charge in [-0.25, -0.2) is 5.48 Å². The topological polar surface area (TPSA) is 77.3 Å². The zero-order chi connectivity index (χ0) is 16.1. The fourth-order valence-corrected chi connectivity index (χ4v) is 2.07. The standard InChI is InChI=1S/C17H13N3O3/c21-20(22)13-8-10-14(11-9-13)23-19-17-7-2-1-5-15(17)16-6-3-4-12-18-16/h1-12,19H. The maximum absolute atomic E-state index is 10.6. The van der Waals surface area contributed by atoms with E-state index in [2.05, 4.69) is 10.5 Å². The Morgan fingerprint density at radius 2 is 1.70 bits per heavy atom. The second-order valence-corrected chi connectivity index (χ2v) is 4.72. The third-order valence-electron chi connectivity index (χ3n) is 3.19. The van der Waals surface area contributed by atoms with Crippen LogP contribution in [0, 0.1) is 10.1 Å². The Kier molecular flexibility index (Phi) is 4.15. The summed E-state index contributed by atoms with van der Waals surface area (Å²) >= 11 is 0. The highest BCUT2D eigenvalue weighted by molar-refractivity contribution is 5.74. The number of nitro groups is 1. The fraction of sp³-hybridized carbons (Fsp3) is 0. The van der Waals surface area contributed by atoms with E-state index in [9.17, 15) is 10.1 Å². The average molecular weight is 307 g/mol. The van der Waals surface area contributed by atoms with Crippen molar-refractivity contribution in [3.05, 3.63) is 83.0 Å². The molecule has 0 unspecified atom stereocenters. The summed E-state index contributed by atoms with van der Waals surface area (Å²) in [6.45, 7) is 0. The third-order valence-corrected chi connectivity index (χ3v) is 3.19. The first-order chi connectivity index (χ1) is 11.2. The van der Waals surface area contributed by atoms with Gasteiger partial charge in [0, 0.05) is 23.9 Å². The number of hydrogen-bond acceptors (Lipinski definition) is 5. The van der Waals surface area contributed by atoms with Crippen LogP contribution in [0.4, 0.5) is 11.4 Å². The highest BCUT2D eigenvalue weighted by Crippen LogP contribution is 2.26. The van der Waals surface area contributed by atoms with E-state index in [1.807, 2.05) is 42.5 Å². The summed E-state index contributed by atoms with van der Waals surface area (Å²) in [6.07, 6.45) is 1.73. The van der Waals surface area contributed by atoms with Gasteiger partial charge in [-0.1, -0.05) is 24.3 Å². The lowest BCUT2D eigenvalue weighted by Crippen LogP contribution is -2.06. The van der Waals surface area contributed by atoms with E-state index in [1.165, 1.54) is 24.3 Å². The van der Waals surface area contributed by atoms with Gasteiger partial charge in [-0.2, -0.15) is 0 Å². The second-order valence-electron chi connectivity index (χ2n) is 4.72. The molecule has 114 valence electrons. The van der Waals surface area contributed by atoms with Crippen molar-refractivity contribution < 1.29 is 9.76 Å². The van der Waals surface area contributed by atoms with Crippen LogP contribution in [0.5, 0.6) is 5.75 Å². The average Bonchev–Trinajstić information content (AvgIpc) is 2.61. The van der Waals surface area contributed by atoms with Crippen LogP contribution in [-0.4, -0.2) is 9.91 Å². The van der Waals surface area contributed by atoms with E-state index in [1.54, 1.807) is 6.20 Å². The number of hydrogen-bond donors (Lipinski definition) is 1. The van der Waals surface area contributed by atoms with Crippen molar-refractivity contribution >= 4 is 11.4 Å². The number of nitro benzene ring substituents is 1.